The smallest absolute Gasteiger partial charge is 0.0465 e. The molecule has 0 unspecified atom stereocenters. The molecule has 0 radical (unpaired) electrons. The number of nitrogens with two attached hydrogens (primary N) is 1. The maximum Gasteiger partial charge on any atom is 0.0465 e. The molecular weight excluding hydrogens is 302 g/mol. The molecule has 4 heteroatoms. The number of para-hydroxylation sites is 1. The average molecular weight is 319 g/mol. The minimum absolute atomic E-state index is 0.914. The van der Waals surface area contributed by atoms with Gasteiger partial charge in [0.15, 0.2) is 0 Å². The second-order valence-corrected chi connectivity index (χ2v) is 6.40. The first-order chi connectivity index (χ1) is 11.2. The standard InChI is InChI=1S/C19H17N3S/c1-11-14-5-3-4-6-17(14)22-19(11)10-15-12(2)21-18-8-7-13(23-20)9-16(15)18/h3-10,21-22H,2,20H2,1H3/b15-10+. The van der Waals surface area contributed by atoms with Crippen molar-refractivity contribution in [2.45, 2.75) is 11.8 Å². The molecule has 4 N–H and O–H groups in total. The summed E-state index contributed by atoms with van der Waals surface area (Å²) in [6.45, 7) is 6.30. The van der Waals surface area contributed by atoms with Crippen molar-refractivity contribution >= 4 is 46.4 Å². The number of aromatic amines is 2. The van der Waals surface area contributed by atoms with Gasteiger partial charge in [-0.05, 0) is 54.8 Å². The maximum absolute atomic E-state index is 5.70. The Morgan fingerprint density at radius 3 is 2.61 bits per heavy atom. The number of H-pyrrole nitrogens is 2. The highest BCUT2D eigenvalue weighted by molar-refractivity contribution is 7.97. The van der Waals surface area contributed by atoms with Crippen molar-refractivity contribution in [1.82, 2.24) is 9.97 Å². The minimum atomic E-state index is 0.914. The van der Waals surface area contributed by atoms with Gasteiger partial charge in [0.2, 0.25) is 0 Å². The van der Waals surface area contributed by atoms with Gasteiger partial charge in [0.05, 0.1) is 0 Å². The minimum Gasteiger partial charge on any atom is -0.355 e. The van der Waals surface area contributed by atoms with Crippen molar-refractivity contribution in [2.24, 2.45) is 5.14 Å². The Balaban J connectivity index is 2.03. The van der Waals surface area contributed by atoms with Crippen LogP contribution in [0.3, 0.4) is 0 Å². The molecule has 0 spiro atoms. The first kappa shape index (κ1) is 14.2. The van der Waals surface area contributed by atoms with Crippen LogP contribution in [0.4, 0.5) is 0 Å². The summed E-state index contributed by atoms with van der Waals surface area (Å²) in [6.07, 6.45) is 2.17. The Hall–Kier alpha value is -2.43. The molecule has 0 aliphatic heterocycles. The topological polar surface area (TPSA) is 57.6 Å². The van der Waals surface area contributed by atoms with E-state index in [1.54, 1.807) is 0 Å². The molecule has 0 aliphatic carbocycles. The monoisotopic (exact) mass is 319 g/mol. The largest absolute Gasteiger partial charge is 0.355 e. The third-order valence-electron chi connectivity index (χ3n) is 4.32. The molecule has 0 amide bonds. The van der Waals surface area contributed by atoms with E-state index in [2.05, 4.69) is 59.9 Å². The fourth-order valence-electron chi connectivity index (χ4n) is 3.08. The number of benzene rings is 2. The zero-order valence-corrected chi connectivity index (χ0v) is 13.6. The summed E-state index contributed by atoms with van der Waals surface area (Å²) in [5, 5.41) is 10.1. The Morgan fingerprint density at radius 2 is 1.83 bits per heavy atom. The van der Waals surface area contributed by atoms with Crippen molar-refractivity contribution in [2.75, 3.05) is 0 Å². The Bertz CT molecular complexity index is 1130. The molecule has 3 nitrogen and oxygen atoms in total. The third kappa shape index (κ3) is 2.27. The highest BCUT2D eigenvalue weighted by atomic mass is 32.2. The molecule has 114 valence electrons. The molecule has 0 atom stereocenters. The van der Waals surface area contributed by atoms with Crippen LogP contribution >= 0.6 is 11.9 Å². The van der Waals surface area contributed by atoms with E-state index in [4.69, 9.17) is 5.14 Å². The first-order valence-electron chi connectivity index (χ1n) is 7.44. The number of hydrogen-bond donors (Lipinski definition) is 3. The van der Waals surface area contributed by atoms with Crippen LogP contribution in [0.15, 0.2) is 47.4 Å². The molecule has 2 heterocycles. The predicted octanol–water partition coefficient (Wildman–Crippen LogP) is 3.16. The Labute approximate surface area is 138 Å². The van der Waals surface area contributed by atoms with E-state index in [1.807, 2.05) is 12.1 Å². The Morgan fingerprint density at radius 1 is 1.04 bits per heavy atom. The van der Waals surface area contributed by atoms with Crippen LogP contribution in [-0.4, -0.2) is 9.97 Å². The van der Waals surface area contributed by atoms with E-state index in [9.17, 15) is 0 Å². The summed E-state index contributed by atoms with van der Waals surface area (Å²) in [5.41, 5.74) is 4.59. The van der Waals surface area contributed by atoms with Crippen LogP contribution < -0.4 is 15.7 Å². The molecule has 4 rings (SSSR count). The zero-order chi connectivity index (χ0) is 16.0. The number of fused-ring (bicyclic) bond motifs is 2. The summed E-state index contributed by atoms with van der Waals surface area (Å²) in [7, 11) is 0. The lowest BCUT2D eigenvalue weighted by Crippen LogP contribution is -2.20. The molecule has 4 aromatic rings. The van der Waals surface area contributed by atoms with Crippen LogP contribution in [0.1, 0.15) is 11.3 Å². The molecule has 0 bridgehead atoms. The molecule has 2 aromatic carbocycles. The van der Waals surface area contributed by atoms with E-state index < -0.39 is 0 Å². The highest BCUT2D eigenvalue weighted by Crippen LogP contribution is 2.22. The van der Waals surface area contributed by atoms with Crippen molar-refractivity contribution in [3.05, 3.63) is 64.3 Å². The number of rotatable bonds is 2. The lowest BCUT2D eigenvalue weighted by atomic mass is 10.1. The summed E-state index contributed by atoms with van der Waals surface area (Å²) < 4.78 is 0. The number of aromatic nitrogens is 2. The fraction of sp³-hybridized carbons (Fsp3) is 0.0526. The SMILES string of the molecule is C=c1[nH]c2ccc(SN)cc2/c1=C/c1[nH]c2ccccc2c1C. The van der Waals surface area contributed by atoms with Gasteiger partial charge >= 0.3 is 0 Å². The summed E-state index contributed by atoms with van der Waals surface area (Å²) in [5.74, 6) is 0. The molecule has 0 saturated carbocycles. The second kappa shape index (κ2) is 5.33. The van der Waals surface area contributed by atoms with Gasteiger partial charge in [-0.15, -0.1) is 0 Å². The fourth-order valence-corrected chi connectivity index (χ4v) is 3.41. The predicted molar refractivity (Wildman–Crippen MR) is 99.7 cm³/mol. The molecule has 0 saturated heterocycles. The van der Waals surface area contributed by atoms with Crippen molar-refractivity contribution in [1.29, 1.82) is 0 Å². The van der Waals surface area contributed by atoms with Crippen LogP contribution in [0, 0.1) is 6.92 Å². The van der Waals surface area contributed by atoms with Gasteiger partial charge in [0.1, 0.15) is 0 Å². The van der Waals surface area contributed by atoms with Crippen LogP contribution in [0.5, 0.6) is 0 Å². The van der Waals surface area contributed by atoms with Gasteiger partial charge in [0.25, 0.3) is 0 Å². The van der Waals surface area contributed by atoms with E-state index in [-0.39, 0.29) is 0 Å². The van der Waals surface area contributed by atoms with Gasteiger partial charge in [-0.1, -0.05) is 24.8 Å². The van der Waals surface area contributed by atoms with E-state index in [0.29, 0.717) is 0 Å². The lowest BCUT2D eigenvalue weighted by Gasteiger charge is -1.96. The molecule has 0 aliphatic rings. The lowest BCUT2D eigenvalue weighted by molar-refractivity contribution is 1.34. The van der Waals surface area contributed by atoms with E-state index in [1.165, 1.54) is 22.9 Å². The first-order valence-corrected chi connectivity index (χ1v) is 8.32. The van der Waals surface area contributed by atoms with Gasteiger partial charge in [0, 0.05) is 43.0 Å². The van der Waals surface area contributed by atoms with Crippen molar-refractivity contribution in [3.8, 4) is 0 Å². The second-order valence-electron chi connectivity index (χ2n) is 5.70. The summed E-state index contributed by atoms with van der Waals surface area (Å²) >= 11 is 1.26. The summed E-state index contributed by atoms with van der Waals surface area (Å²) in [4.78, 5) is 7.88. The van der Waals surface area contributed by atoms with Crippen molar-refractivity contribution < 1.29 is 0 Å². The Kier molecular flexibility index (Phi) is 3.29. The van der Waals surface area contributed by atoms with Gasteiger partial charge in [-0.25, -0.2) is 0 Å². The maximum atomic E-state index is 5.70. The number of nitrogens with one attached hydrogen (secondary N) is 2. The highest BCUT2D eigenvalue weighted by Gasteiger charge is 2.06. The van der Waals surface area contributed by atoms with E-state index >= 15 is 0 Å². The van der Waals surface area contributed by atoms with Gasteiger partial charge in [-0.3, -0.25) is 5.14 Å². The quantitative estimate of drug-likeness (QED) is 0.497. The van der Waals surface area contributed by atoms with Gasteiger partial charge < -0.3 is 9.97 Å². The zero-order valence-electron chi connectivity index (χ0n) is 12.8. The van der Waals surface area contributed by atoms with Crippen LogP contribution in [0.25, 0.3) is 34.5 Å². The van der Waals surface area contributed by atoms with Gasteiger partial charge in [-0.2, -0.15) is 0 Å². The van der Waals surface area contributed by atoms with Crippen LogP contribution in [-0.2, 0) is 0 Å². The molecule has 23 heavy (non-hydrogen) atoms. The normalized spacial score (nSPS) is 12.5. The third-order valence-corrected chi connectivity index (χ3v) is 4.85. The molecule has 0 fully saturated rings. The molecular formula is C19H17N3S. The average Bonchev–Trinajstić information content (AvgIpc) is 3.05. The van der Waals surface area contributed by atoms with E-state index in [0.717, 1.165) is 37.6 Å². The summed E-state index contributed by atoms with van der Waals surface area (Å²) in [6, 6.07) is 14.5. The van der Waals surface area contributed by atoms with Crippen LogP contribution in [0.2, 0.25) is 0 Å². The van der Waals surface area contributed by atoms with Crippen molar-refractivity contribution in [3.63, 3.8) is 0 Å². The number of aryl methyl sites for hydroxylation is 1. The number of hydrogen-bond acceptors (Lipinski definition) is 2. The molecule has 2 aromatic heterocycles.